The van der Waals surface area contributed by atoms with Crippen molar-refractivity contribution < 1.29 is 19.0 Å². The van der Waals surface area contributed by atoms with Crippen molar-refractivity contribution in [1.82, 2.24) is 30.5 Å². The lowest BCUT2D eigenvalue weighted by atomic mass is 9.97. The molecule has 1 atom stereocenters. The molecule has 2 N–H and O–H groups in total. The number of carbonyl (C=O) groups excluding carboxylic acids is 1. The molecule has 0 aliphatic carbocycles. The molecule has 0 bridgehead atoms. The van der Waals surface area contributed by atoms with E-state index >= 15 is 0 Å². The van der Waals surface area contributed by atoms with Gasteiger partial charge >= 0.3 is 0 Å². The zero-order chi connectivity index (χ0) is 20.7. The molecule has 3 aromatic rings. The molecule has 2 aliphatic heterocycles. The first-order valence-electron chi connectivity index (χ1n) is 9.80. The first-order valence-corrected chi connectivity index (χ1v) is 9.80. The number of amides is 1. The standard InChI is InChI=1S/C20H22N6O4/c1-12-9-15(18(27)21-20(5-6-28-11-20)19-22-24-25-23-19)13(2)26(12)14-3-4-16-17(10-14)30-8-7-29-16/h3-4,9-10H,5-8,11H2,1-2H3,(H,21,27)(H,22,23,24,25). The van der Waals surface area contributed by atoms with Gasteiger partial charge in [0.15, 0.2) is 11.5 Å². The maximum atomic E-state index is 13.2. The van der Waals surface area contributed by atoms with Crippen LogP contribution in [-0.4, -0.2) is 57.5 Å². The second kappa shape index (κ2) is 7.13. The predicted octanol–water partition coefficient (Wildman–Crippen LogP) is 1.42. The second-order valence-corrected chi connectivity index (χ2v) is 7.52. The number of aromatic amines is 1. The van der Waals surface area contributed by atoms with Crippen molar-refractivity contribution in [1.29, 1.82) is 0 Å². The molecule has 1 unspecified atom stereocenters. The van der Waals surface area contributed by atoms with Crippen molar-refractivity contribution in [2.75, 3.05) is 26.4 Å². The van der Waals surface area contributed by atoms with Crippen molar-refractivity contribution >= 4 is 5.91 Å². The highest BCUT2D eigenvalue weighted by Gasteiger charge is 2.42. The minimum atomic E-state index is -0.788. The van der Waals surface area contributed by atoms with Crippen molar-refractivity contribution in [3.8, 4) is 17.2 Å². The van der Waals surface area contributed by atoms with Gasteiger partial charge in [-0.05, 0) is 32.0 Å². The number of tetrazole rings is 1. The molecule has 0 spiro atoms. The van der Waals surface area contributed by atoms with Crippen LogP contribution in [0, 0.1) is 13.8 Å². The third-order valence-electron chi connectivity index (χ3n) is 5.61. The molecule has 2 aliphatic rings. The van der Waals surface area contributed by atoms with Gasteiger partial charge in [-0.25, -0.2) is 0 Å². The quantitative estimate of drug-likeness (QED) is 0.668. The molecule has 156 valence electrons. The maximum Gasteiger partial charge on any atom is 0.254 e. The number of hydrogen-bond donors (Lipinski definition) is 2. The molecule has 10 nitrogen and oxygen atoms in total. The molecule has 30 heavy (non-hydrogen) atoms. The number of carbonyl (C=O) groups is 1. The van der Waals surface area contributed by atoms with Gasteiger partial charge in [0.25, 0.3) is 5.91 Å². The van der Waals surface area contributed by atoms with Crippen molar-refractivity contribution in [3.63, 3.8) is 0 Å². The molecule has 4 heterocycles. The zero-order valence-corrected chi connectivity index (χ0v) is 16.8. The topological polar surface area (TPSA) is 116 Å². The number of rotatable bonds is 4. The van der Waals surface area contributed by atoms with E-state index in [4.69, 9.17) is 14.2 Å². The Labute approximate surface area is 172 Å². The highest BCUT2D eigenvalue weighted by atomic mass is 16.6. The number of H-pyrrole nitrogens is 1. The maximum absolute atomic E-state index is 13.2. The lowest BCUT2D eigenvalue weighted by Crippen LogP contribution is -2.47. The Kier molecular flexibility index (Phi) is 4.43. The van der Waals surface area contributed by atoms with Crippen LogP contribution in [0.4, 0.5) is 0 Å². The molecule has 0 radical (unpaired) electrons. The Morgan fingerprint density at radius 2 is 2.00 bits per heavy atom. The smallest absolute Gasteiger partial charge is 0.254 e. The van der Waals surface area contributed by atoms with E-state index in [2.05, 4.69) is 25.9 Å². The lowest BCUT2D eigenvalue weighted by Gasteiger charge is -2.25. The van der Waals surface area contributed by atoms with Gasteiger partial charge in [-0.2, -0.15) is 5.21 Å². The molecule has 1 aromatic carbocycles. The highest BCUT2D eigenvalue weighted by Crippen LogP contribution is 2.34. The van der Waals surface area contributed by atoms with Crippen molar-refractivity contribution in [2.45, 2.75) is 25.8 Å². The van der Waals surface area contributed by atoms with Crippen LogP contribution in [0.15, 0.2) is 24.3 Å². The number of aromatic nitrogens is 5. The monoisotopic (exact) mass is 410 g/mol. The Morgan fingerprint density at radius 1 is 1.17 bits per heavy atom. The van der Waals surface area contributed by atoms with Gasteiger partial charge in [-0.1, -0.05) is 5.21 Å². The van der Waals surface area contributed by atoms with E-state index in [9.17, 15) is 4.79 Å². The summed E-state index contributed by atoms with van der Waals surface area (Å²) in [4.78, 5) is 13.2. The fraction of sp³-hybridized carbons (Fsp3) is 0.400. The highest BCUT2D eigenvalue weighted by molar-refractivity contribution is 5.96. The van der Waals surface area contributed by atoms with Gasteiger partial charge in [0, 0.05) is 36.2 Å². The number of nitrogens with one attached hydrogen (secondary N) is 2. The number of ether oxygens (including phenoxy) is 3. The summed E-state index contributed by atoms with van der Waals surface area (Å²) in [5, 5.41) is 17.3. The van der Waals surface area contributed by atoms with Crippen LogP contribution >= 0.6 is 0 Å². The van der Waals surface area contributed by atoms with E-state index in [0.717, 1.165) is 22.8 Å². The summed E-state index contributed by atoms with van der Waals surface area (Å²) in [5.74, 6) is 1.65. The predicted molar refractivity (Wildman–Crippen MR) is 105 cm³/mol. The van der Waals surface area contributed by atoms with E-state index in [1.165, 1.54) is 0 Å². The van der Waals surface area contributed by atoms with Gasteiger partial charge in [0.05, 0.1) is 12.2 Å². The first kappa shape index (κ1) is 18.6. The van der Waals surface area contributed by atoms with E-state index in [0.29, 0.717) is 50.0 Å². The van der Waals surface area contributed by atoms with Crippen molar-refractivity contribution in [2.24, 2.45) is 0 Å². The number of benzene rings is 1. The summed E-state index contributed by atoms with van der Waals surface area (Å²) >= 11 is 0. The third-order valence-corrected chi connectivity index (χ3v) is 5.61. The minimum absolute atomic E-state index is 0.206. The summed E-state index contributed by atoms with van der Waals surface area (Å²) in [6, 6.07) is 7.66. The molecule has 2 aromatic heterocycles. The van der Waals surface area contributed by atoms with E-state index in [1.807, 2.05) is 42.7 Å². The number of hydrogen-bond acceptors (Lipinski definition) is 7. The van der Waals surface area contributed by atoms with Gasteiger partial charge in [-0.3, -0.25) is 4.79 Å². The lowest BCUT2D eigenvalue weighted by molar-refractivity contribution is 0.0868. The summed E-state index contributed by atoms with van der Waals surface area (Å²) in [6.45, 7) is 5.78. The first-order chi connectivity index (χ1) is 14.6. The second-order valence-electron chi connectivity index (χ2n) is 7.52. The van der Waals surface area contributed by atoms with E-state index in [-0.39, 0.29) is 5.91 Å². The molecular weight excluding hydrogens is 388 g/mol. The number of aryl methyl sites for hydroxylation is 1. The van der Waals surface area contributed by atoms with Gasteiger partial charge in [0.1, 0.15) is 18.8 Å². The van der Waals surface area contributed by atoms with Crippen LogP contribution < -0.4 is 14.8 Å². The van der Waals surface area contributed by atoms with Crippen LogP contribution in [0.1, 0.15) is 34.0 Å². The number of nitrogens with zero attached hydrogens (tertiary/aromatic N) is 4. The molecule has 1 saturated heterocycles. The van der Waals surface area contributed by atoms with E-state index in [1.54, 1.807) is 0 Å². The summed E-state index contributed by atoms with van der Waals surface area (Å²) in [5.41, 5.74) is 2.46. The van der Waals surface area contributed by atoms with Crippen LogP contribution in [-0.2, 0) is 10.3 Å². The molecule has 5 rings (SSSR count). The Morgan fingerprint density at radius 3 is 2.73 bits per heavy atom. The molecule has 0 saturated carbocycles. The van der Waals surface area contributed by atoms with Crippen LogP contribution in [0.3, 0.4) is 0 Å². The molecular formula is C20H22N6O4. The summed E-state index contributed by atoms with van der Waals surface area (Å²) in [6.07, 6.45) is 0.583. The van der Waals surface area contributed by atoms with Crippen molar-refractivity contribution in [3.05, 3.63) is 47.0 Å². The Balaban J connectivity index is 1.47. The Hall–Kier alpha value is -3.40. The fourth-order valence-electron chi connectivity index (χ4n) is 4.11. The van der Waals surface area contributed by atoms with Gasteiger partial charge in [-0.15, -0.1) is 10.2 Å². The third kappa shape index (κ3) is 3.00. The minimum Gasteiger partial charge on any atom is -0.486 e. The zero-order valence-electron chi connectivity index (χ0n) is 16.8. The summed E-state index contributed by atoms with van der Waals surface area (Å²) in [7, 11) is 0. The van der Waals surface area contributed by atoms with Gasteiger partial charge < -0.3 is 24.1 Å². The SMILES string of the molecule is Cc1cc(C(=O)NC2(c3nn[nH]n3)CCOC2)c(C)n1-c1ccc2c(c1)OCCO2. The average molecular weight is 410 g/mol. The molecule has 10 heteroatoms. The molecule has 1 fully saturated rings. The Bertz CT molecular complexity index is 1090. The molecule has 1 amide bonds. The largest absolute Gasteiger partial charge is 0.486 e. The van der Waals surface area contributed by atoms with Gasteiger partial charge in [0.2, 0.25) is 5.82 Å². The average Bonchev–Trinajstić information content (AvgIpc) is 3.49. The van der Waals surface area contributed by atoms with Crippen LogP contribution in [0.5, 0.6) is 11.5 Å². The van der Waals surface area contributed by atoms with E-state index < -0.39 is 5.54 Å². The normalized spacial score (nSPS) is 20.3. The fourth-order valence-corrected chi connectivity index (χ4v) is 4.11. The summed E-state index contributed by atoms with van der Waals surface area (Å²) < 4.78 is 18.9. The number of fused-ring (bicyclic) bond motifs is 1. The van der Waals surface area contributed by atoms with Crippen LogP contribution in [0.2, 0.25) is 0 Å². The van der Waals surface area contributed by atoms with Crippen LogP contribution in [0.25, 0.3) is 5.69 Å².